The summed E-state index contributed by atoms with van der Waals surface area (Å²) in [4.78, 5) is 21.6. The Labute approximate surface area is 90.1 Å². The molecule has 1 aliphatic heterocycles. The van der Waals surface area contributed by atoms with Crippen LogP contribution in [0.2, 0.25) is 0 Å². The molecule has 0 aliphatic carbocycles. The molecule has 1 fully saturated rings. The molecule has 0 aromatic heterocycles. The normalized spacial score (nSPS) is 16.9. The summed E-state index contributed by atoms with van der Waals surface area (Å²) in [7, 11) is -4.64. The maximum Gasteiger partial charge on any atom is 2.00 e. The van der Waals surface area contributed by atoms with Crippen molar-refractivity contribution in [2.45, 2.75) is 0 Å². The van der Waals surface area contributed by atoms with E-state index in [1.54, 1.807) is 0 Å². The van der Waals surface area contributed by atoms with Crippen molar-refractivity contribution < 1.29 is 22.1 Å². The van der Waals surface area contributed by atoms with E-state index in [0.29, 0.717) is 0 Å². The third-order valence-electron chi connectivity index (χ3n) is 0.957. The molecular weight excluding hydrogens is 195 g/mol. The van der Waals surface area contributed by atoms with Gasteiger partial charge in [-0.1, -0.05) is 0 Å². The summed E-state index contributed by atoms with van der Waals surface area (Å²) in [5.74, 6) is 0. The van der Waals surface area contributed by atoms with E-state index in [-0.39, 0.29) is 25.9 Å². The van der Waals surface area contributed by atoms with E-state index in [2.05, 4.69) is 10.6 Å². The molecule has 0 bridgehead atoms. The number of hydrogen-bond donors (Lipinski definition) is 5. The molecule has 0 aromatic rings. The molecule has 0 radical (unpaired) electrons. The third-order valence-corrected chi connectivity index (χ3v) is 0.957. The van der Waals surface area contributed by atoms with Crippen LogP contribution in [0, 0.1) is 0 Å². The van der Waals surface area contributed by atoms with Crippen molar-refractivity contribution in [3.63, 3.8) is 0 Å². The second-order valence-corrected chi connectivity index (χ2v) is 3.04. The van der Waals surface area contributed by atoms with Gasteiger partial charge in [0.05, 0.1) is 0 Å². The second kappa shape index (κ2) is 8.40. The molecule has 5 N–H and O–H groups in total. The second-order valence-electron chi connectivity index (χ2n) is 2.01. The van der Waals surface area contributed by atoms with Crippen LogP contribution < -0.4 is 10.6 Å². The Morgan fingerprint density at radius 1 is 1.00 bits per heavy atom. The molecule has 0 aromatic carbocycles. The zero-order chi connectivity index (χ0) is 8.74. The van der Waals surface area contributed by atoms with Crippen molar-refractivity contribution in [1.82, 2.24) is 10.6 Å². The maximum absolute atomic E-state index is 8.88. The van der Waals surface area contributed by atoms with E-state index in [4.69, 9.17) is 19.2 Å². The molecule has 0 unspecified atom stereocenters. The standard InChI is InChI=1S/C4H10N2.Mg.H3O4P.2H/c1-2-6-4-3-5-1;;1-5(2,3)4;;/h5-6H,1-4H2;;(H3,1,2,3,4);;/q;+2;;2*-1. The van der Waals surface area contributed by atoms with Crippen LogP contribution in [0.25, 0.3) is 0 Å². The van der Waals surface area contributed by atoms with Gasteiger partial charge in [0.2, 0.25) is 0 Å². The summed E-state index contributed by atoms with van der Waals surface area (Å²) in [6, 6.07) is 0. The van der Waals surface area contributed by atoms with Crippen molar-refractivity contribution in [1.29, 1.82) is 0 Å². The molecule has 0 amide bonds. The van der Waals surface area contributed by atoms with Crippen LogP contribution in [0.5, 0.6) is 0 Å². The molecule has 1 aliphatic rings. The summed E-state index contributed by atoms with van der Waals surface area (Å²) in [6.45, 7) is 4.56. The summed E-state index contributed by atoms with van der Waals surface area (Å²) in [5.41, 5.74) is 0. The van der Waals surface area contributed by atoms with Gasteiger partial charge in [-0.2, -0.15) is 0 Å². The summed E-state index contributed by atoms with van der Waals surface area (Å²) < 4.78 is 8.88. The van der Waals surface area contributed by atoms with Crippen molar-refractivity contribution in [2.24, 2.45) is 0 Å². The predicted octanol–water partition coefficient (Wildman–Crippen LogP) is -1.91. The first-order valence-corrected chi connectivity index (χ1v) is 4.76. The van der Waals surface area contributed by atoms with Crippen LogP contribution in [-0.4, -0.2) is 63.9 Å². The van der Waals surface area contributed by atoms with Crippen LogP contribution in [0.4, 0.5) is 0 Å². The fourth-order valence-electron chi connectivity index (χ4n) is 0.604. The van der Waals surface area contributed by atoms with Crippen LogP contribution in [0.3, 0.4) is 0 Å². The molecule has 12 heavy (non-hydrogen) atoms. The Kier molecular flexibility index (Phi) is 10.7. The Balaban J connectivity index is -0.0000000597. The third kappa shape index (κ3) is 22.4. The minimum Gasteiger partial charge on any atom is -1.00 e. The van der Waals surface area contributed by atoms with Crippen LogP contribution in [0.15, 0.2) is 0 Å². The first-order chi connectivity index (χ1) is 5.00. The fraction of sp³-hybridized carbons (Fsp3) is 1.00. The van der Waals surface area contributed by atoms with Gasteiger partial charge in [0.15, 0.2) is 0 Å². The zero-order valence-electron chi connectivity index (χ0n) is 8.73. The van der Waals surface area contributed by atoms with E-state index in [1.807, 2.05) is 0 Å². The molecule has 8 heteroatoms. The molecule has 1 rings (SSSR count). The van der Waals surface area contributed by atoms with Gasteiger partial charge < -0.3 is 28.2 Å². The van der Waals surface area contributed by atoms with E-state index in [9.17, 15) is 0 Å². The van der Waals surface area contributed by atoms with Gasteiger partial charge >= 0.3 is 30.9 Å². The van der Waals surface area contributed by atoms with Gasteiger partial charge in [-0.3, -0.25) is 0 Å². The first kappa shape index (κ1) is 15.3. The van der Waals surface area contributed by atoms with Gasteiger partial charge in [-0.25, -0.2) is 4.57 Å². The molecule has 1 heterocycles. The topological polar surface area (TPSA) is 102 Å². The largest absolute Gasteiger partial charge is 2.00 e. The molecule has 6 nitrogen and oxygen atoms in total. The summed E-state index contributed by atoms with van der Waals surface area (Å²) >= 11 is 0. The Bertz CT molecular complexity index is 126. The first-order valence-electron chi connectivity index (χ1n) is 3.20. The maximum atomic E-state index is 8.88. The number of piperazine rings is 1. The molecule has 0 atom stereocenters. The molecular formula is C4H15MgN2O4P. The van der Waals surface area contributed by atoms with Gasteiger partial charge in [0, 0.05) is 26.2 Å². The van der Waals surface area contributed by atoms with E-state index >= 15 is 0 Å². The minimum absolute atomic E-state index is 0. The minimum atomic E-state index is -4.64. The van der Waals surface area contributed by atoms with Gasteiger partial charge in [-0.05, 0) is 0 Å². The van der Waals surface area contributed by atoms with E-state index in [0.717, 1.165) is 26.2 Å². The number of phosphoric acid groups is 1. The van der Waals surface area contributed by atoms with Crippen LogP contribution in [0.1, 0.15) is 2.85 Å². The van der Waals surface area contributed by atoms with Crippen LogP contribution in [-0.2, 0) is 4.57 Å². The quantitative estimate of drug-likeness (QED) is 0.236. The Morgan fingerprint density at radius 2 is 1.17 bits per heavy atom. The summed E-state index contributed by atoms with van der Waals surface area (Å²) in [5, 5.41) is 6.44. The molecule has 0 saturated carbocycles. The van der Waals surface area contributed by atoms with Crippen molar-refractivity contribution in [3.05, 3.63) is 0 Å². The zero-order valence-corrected chi connectivity index (χ0v) is 9.04. The van der Waals surface area contributed by atoms with E-state index < -0.39 is 7.82 Å². The SMILES string of the molecule is C1CNCCN1.O=P(O)(O)O.[H-].[H-].[Mg+2]. The fourth-order valence-corrected chi connectivity index (χ4v) is 0.604. The van der Waals surface area contributed by atoms with Gasteiger partial charge in [-0.15, -0.1) is 0 Å². The number of rotatable bonds is 0. The smallest absolute Gasteiger partial charge is 1.00 e. The van der Waals surface area contributed by atoms with E-state index in [1.165, 1.54) is 0 Å². The van der Waals surface area contributed by atoms with Crippen molar-refractivity contribution >= 4 is 30.9 Å². The van der Waals surface area contributed by atoms with Crippen LogP contribution >= 0.6 is 7.82 Å². The predicted molar refractivity (Wildman–Crippen MR) is 48.0 cm³/mol. The molecule has 0 spiro atoms. The molecule has 72 valence electrons. The van der Waals surface area contributed by atoms with Crippen molar-refractivity contribution in [2.75, 3.05) is 26.2 Å². The average Bonchev–Trinajstić information content (AvgIpc) is 1.88. The Morgan fingerprint density at radius 3 is 1.25 bits per heavy atom. The Hall–Kier alpha value is 0.796. The van der Waals surface area contributed by atoms with Gasteiger partial charge in [0.1, 0.15) is 0 Å². The number of hydrogen-bond acceptors (Lipinski definition) is 3. The molecule has 1 saturated heterocycles. The monoisotopic (exact) mass is 210 g/mol. The summed E-state index contributed by atoms with van der Waals surface area (Å²) in [6.07, 6.45) is 0. The van der Waals surface area contributed by atoms with Crippen molar-refractivity contribution in [3.8, 4) is 0 Å². The average molecular weight is 210 g/mol. The number of nitrogens with one attached hydrogen (secondary N) is 2. The van der Waals surface area contributed by atoms with Gasteiger partial charge in [0.25, 0.3) is 0 Å².